The molecule has 17 heteroatoms. The topological polar surface area (TPSA) is 111 Å². The van der Waals surface area contributed by atoms with Crippen LogP contribution in [0.4, 0.5) is 0 Å². The second-order valence-electron chi connectivity index (χ2n) is 10.4. The molecule has 0 aliphatic heterocycles. The Hall–Kier alpha value is 0.604. The van der Waals surface area contributed by atoms with Crippen molar-refractivity contribution in [3.63, 3.8) is 0 Å². The Morgan fingerprint density at radius 1 is 0.238 bits per heavy atom. The van der Waals surface area contributed by atoms with Crippen LogP contribution in [-0.4, -0.2) is 129 Å². The summed E-state index contributed by atoms with van der Waals surface area (Å²) in [6.45, 7) is 0. The minimum absolute atomic E-state index is 0.776. The smallest absolute Gasteiger partial charge is 0.377 e. The van der Waals surface area contributed by atoms with Gasteiger partial charge in [-0.25, -0.2) is 0 Å². The molecule has 0 aliphatic rings. The molecule has 0 aliphatic carbocycles. The van der Waals surface area contributed by atoms with Gasteiger partial charge in [0.2, 0.25) is 0 Å². The standard InChI is InChI=1S/C25H62O12Si5/c1-26-39(27-2,28-3)22-14-13-18-38(19-15-23-40(29-4,30-5)31-6,20-16-24-41(32-7,33-8)34-9)21-17-25-42(35-10,36-11)37-12/h13-25H2,1-12H3. The summed E-state index contributed by atoms with van der Waals surface area (Å²) in [5.41, 5.74) is 0. The molecule has 0 radical (unpaired) electrons. The highest BCUT2D eigenvalue weighted by Crippen LogP contribution is 2.37. The van der Waals surface area contributed by atoms with Crippen LogP contribution in [0.5, 0.6) is 0 Å². The molecule has 254 valence electrons. The number of unbranched alkanes of at least 4 members (excludes halogenated alkanes) is 1. The average molecular weight is 695 g/mol. The van der Waals surface area contributed by atoms with Crippen molar-refractivity contribution in [1.82, 2.24) is 0 Å². The van der Waals surface area contributed by atoms with Gasteiger partial charge in [0.25, 0.3) is 0 Å². The van der Waals surface area contributed by atoms with Crippen molar-refractivity contribution in [3.05, 3.63) is 0 Å². The van der Waals surface area contributed by atoms with Crippen LogP contribution in [-0.2, 0) is 53.1 Å². The van der Waals surface area contributed by atoms with E-state index >= 15 is 0 Å². The summed E-state index contributed by atoms with van der Waals surface area (Å²) in [5.74, 6) is 0. The van der Waals surface area contributed by atoms with Crippen LogP contribution in [0.2, 0.25) is 48.4 Å². The van der Waals surface area contributed by atoms with Crippen molar-refractivity contribution in [2.75, 3.05) is 85.3 Å². The molecule has 0 bridgehead atoms. The first-order valence-electron chi connectivity index (χ1n) is 14.7. The Morgan fingerprint density at radius 3 is 0.619 bits per heavy atom. The van der Waals surface area contributed by atoms with Gasteiger partial charge in [-0.1, -0.05) is 49.9 Å². The Kier molecular flexibility index (Phi) is 22.5. The monoisotopic (exact) mass is 694 g/mol. The average Bonchev–Trinajstić information content (AvgIpc) is 3.04. The Bertz CT molecular complexity index is 568. The second kappa shape index (κ2) is 22.2. The van der Waals surface area contributed by atoms with Crippen molar-refractivity contribution in [2.24, 2.45) is 0 Å². The van der Waals surface area contributed by atoms with Crippen LogP contribution in [0.1, 0.15) is 32.1 Å². The van der Waals surface area contributed by atoms with Gasteiger partial charge in [0.15, 0.2) is 0 Å². The molecule has 0 heterocycles. The number of hydrogen-bond donors (Lipinski definition) is 0. The van der Waals surface area contributed by atoms with E-state index in [1.54, 1.807) is 85.3 Å². The van der Waals surface area contributed by atoms with Gasteiger partial charge in [-0.15, -0.1) is 0 Å². The maximum absolute atomic E-state index is 5.75. The lowest BCUT2D eigenvalue weighted by Crippen LogP contribution is -2.45. The molecule has 0 aromatic rings. The molecule has 0 aromatic heterocycles. The largest absolute Gasteiger partial charge is 0.500 e. The normalized spacial score (nSPS) is 13.7. The van der Waals surface area contributed by atoms with Gasteiger partial charge in [-0.3, -0.25) is 0 Å². The van der Waals surface area contributed by atoms with E-state index in [4.69, 9.17) is 53.1 Å². The summed E-state index contributed by atoms with van der Waals surface area (Å²) >= 11 is 0. The van der Waals surface area contributed by atoms with E-state index in [9.17, 15) is 0 Å². The van der Waals surface area contributed by atoms with E-state index in [1.165, 1.54) is 6.04 Å². The second-order valence-corrected chi connectivity index (χ2v) is 27.8. The Morgan fingerprint density at radius 2 is 0.405 bits per heavy atom. The van der Waals surface area contributed by atoms with E-state index in [2.05, 4.69) is 0 Å². The van der Waals surface area contributed by atoms with Crippen molar-refractivity contribution < 1.29 is 53.1 Å². The van der Waals surface area contributed by atoms with Crippen molar-refractivity contribution in [1.29, 1.82) is 0 Å². The minimum Gasteiger partial charge on any atom is -0.377 e. The van der Waals surface area contributed by atoms with Gasteiger partial charge in [0.05, 0.1) is 8.07 Å². The molecule has 0 saturated heterocycles. The minimum atomic E-state index is -2.68. The molecular weight excluding hydrogens is 633 g/mol. The number of rotatable bonds is 29. The molecule has 0 unspecified atom stereocenters. The molecule has 0 N–H and O–H groups in total. The van der Waals surface area contributed by atoms with Gasteiger partial charge < -0.3 is 53.1 Å². The van der Waals surface area contributed by atoms with Crippen LogP contribution >= 0.6 is 0 Å². The maximum Gasteiger partial charge on any atom is 0.500 e. The van der Waals surface area contributed by atoms with E-state index < -0.39 is 43.3 Å². The van der Waals surface area contributed by atoms with Crippen LogP contribution < -0.4 is 0 Å². The number of hydrogen-bond acceptors (Lipinski definition) is 12. The molecular formula is C25H62O12Si5. The van der Waals surface area contributed by atoms with E-state index in [0.29, 0.717) is 0 Å². The lowest BCUT2D eigenvalue weighted by Gasteiger charge is -2.35. The van der Waals surface area contributed by atoms with Crippen LogP contribution in [0, 0.1) is 0 Å². The molecule has 0 atom stereocenters. The predicted octanol–water partition coefficient (Wildman–Crippen LogP) is 4.90. The quantitative estimate of drug-likeness (QED) is 0.0785. The third-order valence-corrected chi connectivity index (χ3v) is 25.7. The molecule has 0 fully saturated rings. The van der Waals surface area contributed by atoms with Gasteiger partial charge in [0.1, 0.15) is 0 Å². The summed E-state index contributed by atoms with van der Waals surface area (Å²) in [4.78, 5) is 0. The lowest BCUT2D eigenvalue weighted by atomic mass is 10.4. The fourth-order valence-corrected chi connectivity index (χ4v) is 19.2. The highest BCUT2D eigenvalue weighted by Gasteiger charge is 2.43. The molecule has 0 saturated carbocycles. The zero-order chi connectivity index (χ0) is 32.2. The fourth-order valence-electron chi connectivity index (χ4n) is 5.86. The maximum atomic E-state index is 5.75. The predicted molar refractivity (Wildman–Crippen MR) is 174 cm³/mol. The SMILES string of the molecule is CO[Si](CCCC[Si](CCC[Si](OC)(OC)OC)(CCC[Si](OC)(OC)OC)CCC[Si](OC)(OC)OC)(OC)OC. The van der Waals surface area contributed by atoms with Gasteiger partial charge in [-0.05, 0) is 6.42 Å². The lowest BCUT2D eigenvalue weighted by molar-refractivity contribution is 0.122. The first-order chi connectivity index (χ1) is 20.1. The van der Waals surface area contributed by atoms with Crippen LogP contribution in [0.25, 0.3) is 0 Å². The van der Waals surface area contributed by atoms with Crippen LogP contribution in [0.3, 0.4) is 0 Å². The van der Waals surface area contributed by atoms with Crippen molar-refractivity contribution in [3.8, 4) is 0 Å². The molecule has 0 aromatic carbocycles. The van der Waals surface area contributed by atoms with E-state index in [0.717, 1.165) is 74.4 Å². The molecule has 12 nitrogen and oxygen atoms in total. The zero-order valence-corrected chi connectivity index (χ0v) is 33.6. The summed E-state index contributed by atoms with van der Waals surface area (Å²) in [6, 6.07) is 7.66. The van der Waals surface area contributed by atoms with Crippen molar-refractivity contribution in [2.45, 2.75) is 80.5 Å². The molecule has 42 heavy (non-hydrogen) atoms. The molecule has 0 spiro atoms. The van der Waals surface area contributed by atoms with Crippen LogP contribution in [0.15, 0.2) is 0 Å². The van der Waals surface area contributed by atoms with Gasteiger partial charge in [0, 0.05) is 109 Å². The third-order valence-electron chi connectivity index (χ3n) is 8.74. The summed E-state index contributed by atoms with van der Waals surface area (Å²) in [7, 11) is 7.56. The Labute approximate surface area is 261 Å². The summed E-state index contributed by atoms with van der Waals surface area (Å²) in [5, 5.41) is 0. The third kappa shape index (κ3) is 13.1. The van der Waals surface area contributed by atoms with Gasteiger partial charge >= 0.3 is 35.2 Å². The van der Waals surface area contributed by atoms with Gasteiger partial charge in [-0.2, -0.15) is 0 Å². The first kappa shape index (κ1) is 42.6. The summed E-state index contributed by atoms with van der Waals surface area (Å²) < 4.78 is 68.8. The molecule has 0 rings (SSSR count). The highest BCUT2D eigenvalue weighted by atomic mass is 28.4. The first-order valence-corrected chi connectivity index (χ1v) is 25.2. The zero-order valence-electron chi connectivity index (χ0n) is 28.6. The van der Waals surface area contributed by atoms with E-state index in [1.807, 2.05) is 0 Å². The summed E-state index contributed by atoms with van der Waals surface area (Å²) in [6.07, 6.45) is 4.97. The van der Waals surface area contributed by atoms with Crippen molar-refractivity contribution >= 4 is 43.3 Å². The van der Waals surface area contributed by atoms with E-state index in [-0.39, 0.29) is 0 Å². The highest BCUT2D eigenvalue weighted by molar-refractivity contribution is 6.80. The Balaban J connectivity index is 6.08. The fraction of sp³-hybridized carbons (Fsp3) is 1.00. The molecule has 0 amide bonds.